The number of likely N-dealkylation sites (tertiary alicyclic amines) is 1. The molecule has 0 radical (unpaired) electrons. The molecule has 1 unspecified atom stereocenters. The number of carbonyl (C=O) groups is 2. The summed E-state index contributed by atoms with van der Waals surface area (Å²) in [7, 11) is 3.84. The van der Waals surface area contributed by atoms with Crippen LogP contribution in [0.15, 0.2) is 0 Å². The topological polar surface area (TPSA) is 64.1 Å². The molecule has 1 aliphatic rings. The van der Waals surface area contributed by atoms with Gasteiger partial charge in [-0.25, -0.2) is 0 Å². The van der Waals surface area contributed by atoms with E-state index in [0.717, 1.165) is 26.1 Å². The van der Waals surface area contributed by atoms with Crippen LogP contribution >= 0.6 is 0 Å². The number of hydrogen-bond acceptors (Lipinski definition) is 4. The molecule has 0 spiro atoms. The van der Waals surface area contributed by atoms with Crippen LogP contribution in [-0.2, 0) is 9.59 Å². The number of carboxylic acids is 1. The average molecular weight is 299 g/mol. The van der Waals surface area contributed by atoms with Crippen LogP contribution in [0.5, 0.6) is 0 Å². The van der Waals surface area contributed by atoms with Crippen LogP contribution in [0, 0.1) is 11.8 Å². The molecule has 0 aliphatic carbocycles. The van der Waals surface area contributed by atoms with E-state index in [-0.39, 0.29) is 18.4 Å². The number of rotatable bonds is 8. The number of aliphatic carboxylic acids is 1. The predicted octanol–water partition coefficient (Wildman–Crippen LogP) is 0.439. The van der Waals surface area contributed by atoms with E-state index >= 15 is 0 Å². The van der Waals surface area contributed by atoms with Gasteiger partial charge >= 0.3 is 5.97 Å². The Morgan fingerprint density at radius 3 is 2.48 bits per heavy atom. The van der Waals surface area contributed by atoms with E-state index in [1.165, 1.54) is 4.90 Å². The zero-order valence-electron chi connectivity index (χ0n) is 13.7. The van der Waals surface area contributed by atoms with Gasteiger partial charge in [0.15, 0.2) is 0 Å². The molecule has 1 amide bonds. The molecular weight excluding hydrogens is 270 g/mol. The summed E-state index contributed by atoms with van der Waals surface area (Å²) in [6.07, 6.45) is 0.837. The van der Waals surface area contributed by atoms with Crippen molar-refractivity contribution in [2.75, 3.05) is 53.4 Å². The Balaban J connectivity index is 2.57. The lowest BCUT2D eigenvalue weighted by atomic mass is 10.1. The van der Waals surface area contributed by atoms with Crippen molar-refractivity contribution in [3.05, 3.63) is 0 Å². The highest BCUT2D eigenvalue weighted by atomic mass is 16.4. The predicted molar refractivity (Wildman–Crippen MR) is 82.2 cm³/mol. The van der Waals surface area contributed by atoms with Crippen LogP contribution in [0.25, 0.3) is 0 Å². The van der Waals surface area contributed by atoms with Crippen LogP contribution in [0.4, 0.5) is 0 Å². The summed E-state index contributed by atoms with van der Waals surface area (Å²) in [5.74, 6) is -0.419. The number of amides is 1. The summed E-state index contributed by atoms with van der Waals surface area (Å²) >= 11 is 0. The molecule has 1 heterocycles. The van der Waals surface area contributed by atoms with Crippen molar-refractivity contribution >= 4 is 11.9 Å². The SMILES string of the molecule is CC(C)CN1CCC(C(=O)N(CCN(C)C)CC(=O)O)C1. The van der Waals surface area contributed by atoms with Crippen LogP contribution < -0.4 is 0 Å². The zero-order chi connectivity index (χ0) is 16.0. The zero-order valence-corrected chi connectivity index (χ0v) is 13.7. The fourth-order valence-corrected chi connectivity index (χ4v) is 2.73. The molecular formula is C15H29N3O3. The highest BCUT2D eigenvalue weighted by Gasteiger charge is 2.32. The first-order valence-electron chi connectivity index (χ1n) is 7.67. The standard InChI is InChI=1S/C15H29N3O3/c1-12(2)9-17-6-5-13(10-17)15(21)18(11-14(19)20)8-7-16(3)4/h12-13H,5-11H2,1-4H3,(H,19,20). The summed E-state index contributed by atoms with van der Waals surface area (Å²) in [6, 6.07) is 0. The van der Waals surface area contributed by atoms with Gasteiger partial charge in [0, 0.05) is 26.2 Å². The van der Waals surface area contributed by atoms with Crippen molar-refractivity contribution in [1.82, 2.24) is 14.7 Å². The highest BCUT2D eigenvalue weighted by Crippen LogP contribution is 2.19. The Hall–Kier alpha value is -1.14. The van der Waals surface area contributed by atoms with Gasteiger partial charge in [0.05, 0.1) is 5.92 Å². The molecule has 1 aliphatic heterocycles. The minimum atomic E-state index is -0.945. The number of hydrogen-bond donors (Lipinski definition) is 1. The molecule has 6 nitrogen and oxygen atoms in total. The van der Waals surface area contributed by atoms with Crippen molar-refractivity contribution in [3.8, 4) is 0 Å². The molecule has 0 bridgehead atoms. The van der Waals surface area contributed by atoms with Crippen molar-refractivity contribution in [2.45, 2.75) is 20.3 Å². The second-order valence-corrected chi connectivity index (χ2v) is 6.60. The third kappa shape index (κ3) is 6.44. The molecule has 6 heteroatoms. The minimum Gasteiger partial charge on any atom is -0.480 e. The van der Waals surface area contributed by atoms with Gasteiger partial charge < -0.3 is 19.8 Å². The maximum Gasteiger partial charge on any atom is 0.323 e. The molecule has 0 aromatic rings. The van der Waals surface area contributed by atoms with Crippen LogP contribution in [0.2, 0.25) is 0 Å². The summed E-state index contributed by atoms with van der Waals surface area (Å²) in [6.45, 7) is 7.98. The first-order valence-corrected chi connectivity index (χ1v) is 7.67. The second kappa shape index (κ2) is 8.34. The minimum absolute atomic E-state index is 0.00879. The van der Waals surface area contributed by atoms with E-state index in [1.54, 1.807) is 0 Å². The number of likely N-dealkylation sites (N-methyl/N-ethyl adjacent to an activating group) is 1. The first-order chi connectivity index (χ1) is 9.79. The smallest absolute Gasteiger partial charge is 0.323 e. The lowest BCUT2D eigenvalue weighted by Crippen LogP contribution is -2.43. The van der Waals surface area contributed by atoms with E-state index in [1.807, 2.05) is 19.0 Å². The molecule has 1 fully saturated rings. The molecule has 0 saturated carbocycles. The Morgan fingerprint density at radius 2 is 1.95 bits per heavy atom. The quantitative estimate of drug-likeness (QED) is 0.704. The Labute approximate surface area is 127 Å². The van der Waals surface area contributed by atoms with Crippen LogP contribution in [-0.4, -0.2) is 85.0 Å². The van der Waals surface area contributed by atoms with Crippen molar-refractivity contribution in [2.24, 2.45) is 11.8 Å². The van der Waals surface area contributed by atoms with Gasteiger partial charge in [-0.15, -0.1) is 0 Å². The third-order valence-corrected chi connectivity index (χ3v) is 3.70. The molecule has 0 aromatic heterocycles. The van der Waals surface area contributed by atoms with Crippen molar-refractivity contribution < 1.29 is 14.7 Å². The van der Waals surface area contributed by atoms with E-state index in [0.29, 0.717) is 19.0 Å². The fourth-order valence-electron chi connectivity index (χ4n) is 2.73. The second-order valence-electron chi connectivity index (χ2n) is 6.60. The van der Waals surface area contributed by atoms with Gasteiger partial charge in [-0.1, -0.05) is 13.8 Å². The van der Waals surface area contributed by atoms with E-state index in [2.05, 4.69) is 18.7 Å². The Bertz CT molecular complexity index is 358. The Morgan fingerprint density at radius 1 is 1.29 bits per heavy atom. The lowest BCUT2D eigenvalue weighted by Gasteiger charge is -2.26. The fraction of sp³-hybridized carbons (Fsp3) is 0.867. The average Bonchev–Trinajstić information content (AvgIpc) is 2.80. The molecule has 1 atom stereocenters. The molecule has 21 heavy (non-hydrogen) atoms. The van der Waals surface area contributed by atoms with Gasteiger partial charge in [-0.2, -0.15) is 0 Å². The van der Waals surface area contributed by atoms with Gasteiger partial charge in [0.2, 0.25) is 5.91 Å². The van der Waals surface area contributed by atoms with Crippen LogP contribution in [0.3, 0.4) is 0 Å². The number of carboxylic acid groups (broad SMARTS) is 1. The summed E-state index contributed by atoms with van der Waals surface area (Å²) < 4.78 is 0. The van der Waals surface area contributed by atoms with Crippen molar-refractivity contribution in [1.29, 1.82) is 0 Å². The molecule has 122 valence electrons. The van der Waals surface area contributed by atoms with E-state index in [9.17, 15) is 9.59 Å². The summed E-state index contributed by atoms with van der Waals surface area (Å²) in [5.41, 5.74) is 0. The maximum atomic E-state index is 12.5. The van der Waals surface area contributed by atoms with Gasteiger partial charge in [0.1, 0.15) is 6.54 Å². The highest BCUT2D eigenvalue weighted by molar-refractivity contribution is 5.83. The van der Waals surface area contributed by atoms with Gasteiger partial charge in [-0.3, -0.25) is 9.59 Å². The summed E-state index contributed by atoms with van der Waals surface area (Å²) in [5, 5.41) is 8.99. The van der Waals surface area contributed by atoms with Crippen molar-refractivity contribution in [3.63, 3.8) is 0 Å². The summed E-state index contributed by atoms with van der Waals surface area (Å²) in [4.78, 5) is 29.3. The third-order valence-electron chi connectivity index (χ3n) is 3.70. The number of nitrogens with zero attached hydrogens (tertiary/aromatic N) is 3. The van der Waals surface area contributed by atoms with E-state index < -0.39 is 5.97 Å². The van der Waals surface area contributed by atoms with E-state index in [4.69, 9.17) is 5.11 Å². The molecule has 0 aromatic carbocycles. The lowest BCUT2D eigenvalue weighted by molar-refractivity contribution is -0.146. The molecule has 1 rings (SSSR count). The maximum absolute atomic E-state index is 12.5. The molecule has 1 saturated heterocycles. The Kier molecular flexibility index (Phi) is 7.11. The normalized spacial score (nSPS) is 19.4. The van der Waals surface area contributed by atoms with Gasteiger partial charge in [-0.05, 0) is 33.0 Å². The van der Waals surface area contributed by atoms with Gasteiger partial charge in [0.25, 0.3) is 0 Å². The van der Waals surface area contributed by atoms with Crippen LogP contribution in [0.1, 0.15) is 20.3 Å². The molecule has 1 N–H and O–H groups in total. The number of carbonyl (C=O) groups excluding carboxylic acids is 1. The first kappa shape index (κ1) is 17.9. The monoisotopic (exact) mass is 299 g/mol. The largest absolute Gasteiger partial charge is 0.480 e.